The topological polar surface area (TPSA) is 89.0 Å². The Morgan fingerprint density at radius 3 is 2.42 bits per heavy atom. The molecule has 3 aromatic rings. The molecule has 0 radical (unpaired) electrons. The summed E-state index contributed by atoms with van der Waals surface area (Å²) in [5.74, 6) is -0.324. The lowest BCUT2D eigenvalue weighted by Gasteiger charge is -2.25. The lowest BCUT2D eigenvalue weighted by Crippen LogP contribution is -2.29. The third kappa shape index (κ3) is 4.17. The summed E-state index contributed by atoms with van der Waals surface area (Å²) in [4.78, 5) is 31.8. The number of methoxy groups -OCH3 is 2. The van der Waals surface area contributed by atoms with Crippen LogP contribution >= 0.6 is 0 Å². The van der Waals surface area contributed by atoms with Gasteiger partial charge in [0.15, 0.2) is 0 Å². The number of hydrogen-bond donors (Lipinski definition) is 1. The minimum Gasteiger partial charge on any atom is -0.507 e. The molecule has 0 aliphatic carbocycles. The summed E-state index contributed by atoms with van der Waals surface area (Å²) in [6.45, 7) is 2.02. The fourth-order valence-electron chi connectivity index (χ4n) is 4.05. The molecule has 4 rings (SSSR count). The van der Waals surface area contributed by atoms with E-state index in [1.165, 1.54) is 4.90 Å². The number of aryl methyl sites for hydroxylation is 1. The molecule has 33 heavy (non-hydrogen) atoms. The number of Topliss-reactive ketones (excluding diaryl/α,β-unsaturated/α-hetero) is 1. The maximum absolute atomic E-state index is 13.2. The Labute approximate surface area is 191 Å². The van der Waals surface area contributed by atoms with Crippen molar-refractivity contribution in [3.63, 3.8) is 0 Å². The quantitative estimate of drug-likeness (QED) is 0.351. The second-order valence-corrected chi connectivity index (χ2v) is 7.75. The predicted octanol–water partition coefficient (Wildman–Crippen LogP) is 4.03. The van der Waals surface area contributed by atoms with Crippen LogP contribution in [-0.4, -0.2) is 40.9 Å². The molecule has 1 aliphatic heterocycles. The Kier molecular flexibility index (Phi) is 6.13. The number of nitrogens with zero attached hydrogens (tertiary/aromatic N) is 2. The van der Waals surface area contributed by atoms with Crippen molar-refractivity contribution in [2.24, 2.45) is 0 Å². The van der Waals surface area contributed by atoms with Crippen LogP contribution in [-0.2, 0) is 16.1 Å². The van der Waals surface area contributed by atoms with Crippen molar-refractivity contribution in [2.45, 2.75) is 19.5 Å². The van der Waals surface area contributed by atoms with Gasteiger partial charge in [0.2, 0.25) is 0 Å². The molecule has 1 unspecified atom stereocenters. The van der Waals surface area contributed by atoms with E-state index >= 15 is 0 Å². The third-order valence-corrected chi connectivity index (χ3v) is 5.72. The SMILES string of the molecule is COc1ccc(C2/C(=C(\O)c3ccc(OC)c(C)c3)C(=O)C(=O)N2Cc2cccnc2)cc1. The van der Waals surface area contributed by atoms with E-state index in [-0.39, 0.29) is 17.9 Å². The third-order valence-electron chi connectivity index (χ3n) is 5.72. The first-order chi connectivity index (χ1) is 15.9. The lowest BCUT2D eigenvalue weighted by molar-refractivity contribution is -0.140. The van der Waals surface area contributed by atoms with Crippen molar-refractivity contribution in [2.75, 3.05) is 14.2 Å². The van der Waals surface area contributed by atoms with E-state index in [0.29, 0.717) is 22.6 Å². The molecule has 1 aliphatic rings. The molecule has 1 saturated heterocycles. The van der Waals surface area contributed by atoms with Gasteiger partial charge < -0.3 is 19.5 Å². The molecule has 2 aromatic carbocycles. The van der Waals surface area contributed by atoms with E-state index in [2.05, 4.69) is 4.98 Å². The normalized spacial score (nSPS) is 17.3. The highest BCUT2D eigenvalue weighted by Crippen LogP contribution is 2.41. The number of benzene rings is 2. The Balaban J connectivity index is 1.85. The Hall–Kier alpha value is -4.13. The van der Waals surface area contributed by atoms with E-state index in [4.69, 9.17) is 9.47 Å². The maximum atomic E-state index is 13.2. The molecule has 0 spiro atoms. The summed E-state index contributed by atoms with van der Waals surface area (Å²) in [7, 11) is 3.13. The maximum Gasteiger partial charge on any atom is 0.295 e. The largest absolute Gasteiger partial charge is 0.507 e. The average molecular weight is 444 g/mol. The molecule has 1 atom stereocenters. The number of carbonyl (C=O) groups excluding carboxylic acids is 2. The molecule has 1 aromatic heterocycles. The van der Waals surface area contributed by atoms with Crippen LogP contribution in [0.1, 0.15) is 28.3 Å². The highest BCUT2D eigenvalue weighted by atomic mass is 16.5. The Bertz CT molecular complexity index is 1220. The number of pyridine rings is 1. The Morgan fingerprint density at radius 2 is 1.82 bits per heavy atom. The second-order valence-electron chi connectivity index (χ2n) is 7.75. The van der Waals surface area contributed by atoms with Gasteiger partial charge in [-0.1, -0.05) is 18.2 Å². The van der Waals surface area contributed by atoms with Gasteiger partial charge >= 0.3 is 0 Å². The van der Waals surface area contributed by atoms with E-state index < -0.39 is 17.7 Å². The summed E-state index contributed by atoms with van der Waals surface area (Å²) >= 11 is 0. The van der Waals surface area contributed by atoms with Crippen molar-refractivity contribution >= 4 is 17.4 Å². The number of ketones is 1. The standard InChI is InChI=1S/C26H24N2O5/c1-16-13-19(8-11-21(16)33-3)24(29)22-23(18-6-9-20(32-2)10-7-18)28(26(31)25(22)30)15-17-5-4-12-27-14-17/h4-14,23,29H,15H2,1-3H3/b24-22+. The monoisotopic (exact) mass is 444 g/mol. The van der Waals surface area contributed by atoms with Gasteiger partial charge in [0.25, 0.3) is 11.7 Å². The van der Waals surface area contributed by atoms with Crippen LogP contribution in [0.2, 0.25) is 0 Å². The minimum atomic E-state index is -0.765. The number of aromatic nitrogens is 1. The smallest absolute Gasteiger partial charge is 0.295 e. The van der Waals surface area contributed by atoms with Crippen LogP contribution in [0.5, 0.6) is 11.5 Å². The zero-order chi connectivity index (χ0) is 23.5. The first-order valence-corrected chi connectivity index (χ1v) is 10.4. The number of hydrogen-bond acceptors (Lipinski definition) is 6. The van der Waals surface area contributed by atoms with Crippen molar-refractivity contribution in [1.29, 1.82) is 0 Å². The summed E-state index contributed by atoms with van der Waals surface area (Å²) in [5.41, 5.74) is 2.74. The summed E-state index contributed by atoms with van der Waals surface area (Å²) < 4.78 is 10.5. The van der Waals surface area contributed by atoms with Gasteiger partial charge in [0, 0.05) is 24.5 Å². The summed E-state index contributed by atoms with van der Waals surface area (Å²) in [6.07, 6.45) is 3.29. The van der Waals surface area contributed by atoms with E-state index in [1.807, 2.05) is 13.0 Å². The van der Waals surface area contributed by atoms with Crippen LogP contribution in [0.15, 0.2) is 72.6 Å². The van der Waals surface area contributed by atoms with Crippen LogP contribution in [0, 0.1) is 6.92 Å². The average Bonchev–Trinajstić information content (AvgIpc) is 3.09. The molecule has 1 N–H and O–H groups in total. The zero-order valence-corrected chi connectivity index (χ0v) is 18.6. The van der Waals surface area contributed by atoms with Crippen molar-refractivity contribution in [1.82, 2.24) is 9.88 Å². The molecule has 0 bridgehead atoms. The number of rotatable bonds is 6. The van der Waals surface area contributed by atoms with E-state index in [9.17, 15) is 14.7 Å². The number of aliphatic hydroxyl groups excluding tert-OH is 1. The highest BCUT2D eigenvalue weighted by Gasteiger charge is 2.46. The molecule has 7 nitrogen and oxygen atoms in total. The van der Waals surface area contributed by atoms with Crippen molar-refractivity contribution in [3.05, 3.63) is 94.8 Å². The van der Waals surface area contributed by atoms with Gasteiger partial charge in [-0.05, 0) is 60.0 Å². The first kappa shape index (κ1) is 22.1. The van der Waals surface area contributed by atoms with Gasteiger partial charge in [-0.25, -0.2) is 0 Å². The van der Waals surface area contributed by atoms with Crippen molar-refractivity contribution < 1.29 is 24.2 Å². The molecule has 1 fully saturated rings. The minimum absolute atomic E-state index is 0.0404. The number of carbonyl (C=O) groups is 2. The fourth-order valence-corrected chi connectivity index (χ4v) is 4.05. The number of ether oxygens (including phenoxy) is 2. The lowest BCUT2D eigenvalue weighted by atomic mass is 9.94. The number of likely N-dealkylation sites (tertiary alicyclic amines) is 1. The molecule has 168 valence electrons. The number of amides is 1. The molecule has 2 heterocycles. The van der Waals surface area contributed by atoms with Gasteiger partial charge in [-0.15, -0.1) is 0 Å². The zero-order valence-electron chi connectivity index (χ0n) is 18.6. The summed E-state index contributed by atoms with van der Waals surface area (Å²) in [6, 6.07) is 15.1. The molecule has 0 saturated carbocycles. The van der Waals surface area contributed by atoms with Gasteiger partial charge in [0.1, 0.15) is 17.3 Å². The van der Waals surface area contributed by atoms with Crippen LogP contribution in [0.4, 0.5) is 0 Å². The molecule has 7 heteroatoms. The molecular weight excluding hydrogens is 420 g/mol. The molecular formula is C26H24N2O5. The highest BCUT2D eigenvalue weighted by molar-refractivity contribution is 6.46. The fraction of sp³-hybridized carbons (Fsp3) is 0.192. The van der Waals surface area contributed by atoms with Gasteiger partial charge in [-0.3, -0.25) is 14.6 Å². The van der Waals surface area contributed by atoms with Crippen LogP contribution < -0.4 is 9.47 Å². The summed E-state index contributed by atoms with van der Waals surface area (Å²) in [5, 5.41) is 11.2. The van der Waals surface area contributed by atoms with Crippen LogP contribution in [0.25, 0.3) is 5.76 Å². The van der Waals surface area contributed by atoms with E-state index in [0.717, 1.165) is 11.1 Å². The van der Waals surface area contributed by atoms with E-state index in [1.54, 1.807) is 75.1 Å². The van der Waals surface area contributed by atoms with Crippen molar-refractivity contribution in [3.8, 4) is 11.5 Å². The van der Waals surface area contributed by atoms with Crippen LogP contribution in [0.3, 0.4) is 0 Å². The van der Waals surface area contributed by atoms with Gasteiger partial charge in [0.05, 0.1) is 25.8 Å². The number of aliphatic hydroxyl groups is 1. The van der Waals surface area contributed by atoms with Gasteiger partial charge in [-0.2, -0.15) is 0 Å². The second kappa shape index (κ2) is 9.16. The Morgan fingerprint density at radius 1 is 1.06 bits per heavy atom. The molecule has 1 amide bonds. The predicted molar refractivity (Wildman–Crippen MR) is 123 cm³/mol. The first-order valence-electron chi connectivity index (χ1n) is 10.4.